The molecule has 0 aromatic carbocycles. The summed E-state index contributed by atoms with van der Waals surface area (Å²) < 4.78 is 5.59. The van der Waals surface area contributed by atoms with Crippen LogP contribution in [-0.4, -0.2) is 35.0 Å². The number of nitrogens with zero attached hydrogens (tertiary/aromatic N) is 2. The Morgan fingerprint density at radius 3 is 3.06 bits per heavy atom. The Bertz CT molecular complexity index is 339. The van der Waals surface area contributed by atoms with E-state index in [0.717, 1.165) is 42.6 Å². The van der Waals surface area contributed by atoms with Gasteiger partial charge in [-0.25, -0.2) is 4.98 Å². The second-order valence-corrected chi connectivity index (χ2v) is 5.50. The average molecular weight is 267 g/mol. The molecule has 0 radical (unpaired) electrons. The fraction of sp³-hybridized carbons (Fsp3) is 0.692. The van der Waals surface area contributed by atoms with Gasteiger partial charge in [-0.15, -0.1) is 0 Å². The van der Waals surface area contributed by atoms with Gasteiger partial charge in [0.25, 0.3) is 0 Å². The number of ether oxygens (including phenoxy) is 1. The molecule has 0 saturated carbocycles. The summed E-state index contributed by atoms with van der Waals surface area (Å²) in [6, 6.07) is 0. The van der Waals surface area contributed by atoms with Crippen molar-refractivity contribution in [2.24, 2.45) is 0 Å². The summed E-state index contributed by atoms with van der Waals surface area (Å²) in [6.45, 7) is 4.02. The fourth-order valence-electron chi connectivity index (χ4n) is 1.84. The third-order valence-electron chi connectivity index (χ3n) is 2.84. The minimum atomic E-state index is 0.452. The quantitative estimate of drug-likeness (QED) is 0.823. The van der Waals surface area contributed by atoms with Crippen molar-refractivity contribution in [3.05, 3.63) is 18.1 Å². The molecule has 1 unspecified atom stereocenters. The third-order valence-corrected chi connectivity index (χ3v) is 3.95. The van der Waals surface area contributed by atoms with Crippen molar-refractivity contribution >= 4 is 17.6 Å². The zero-order valence-electron chi connectivity index (χ0n) is 10.9. The van der Waals surface area contributed by atoms with E-state index >= 15 is 0 Å². The molecule has 1 aromatic heterocycles. The number of hydrogen-bond donors (Lipinski definition) is 1. The van der Waals surface area contributed by atoms with E-state index in [1.807, 2.05) is 24.2 Å². The Morgan fingerprint density at radius 1 is 1.44 bits per heavy atom. The molecule has 1 saturated heterocycles. The second kappa shape index (κ2) is 7.59. The van der Waals surface area contributed by atoms with E-state index in [1.54, 1.807) is 0 Å². The normalized spacial score (nSPS) is 19.1. The van der Waals surface area contributed by atoms with Crippen LogP contribution in [0.2, 0.25) is 0 Å². The first-order valence-corrected chi connectivity index (χ1v) is 7.78. The maximum absolute atomic E-state index is 5.59. The summed E-state index contributed by atoms with van der Waals surface area (Å²) in [6.07, 6.45) is 7.65. The highest BCUT2D eigenvalue weighted by Gasteiger charge is 2.15. The zero-order chi connectivity index (χ0) is 12.6. The molecular formula is C13H21N3OS. The number of aromatic nitrogens is 2. The lowest BCUT2D eigenvalue weighted by molar-refractivity contribution is 0.129. The highest BCUT2D eigenvalue weighted by atomic mass is 32.2. The monoisotopic (exact) mass is 267 g/mol. The number of nitrogens with one attached hydrogen (secondary N) is 1. The van der Waals surface area contributed by atoms with Gasteiger partial charge in [0, 0.05) is 24.7 Å². The first kappa shape index (κ1) is 13.6. The van der Waals surface area contributed by atoms with E-state index in [-0.39, 0.29) is 0 Å². The summed E-state index contributed by atoms with van der Waals surface area (Å²) in [5.41, 5.74) is 1.04. The van der Waals surface area contributed by atoms with Gasteiger partial charge >= 0.3 is 0 Å². The third kappa shape index (κ3) is 4.46. The van der Waals surface area contributed by atoms with Crippen LogP contribution in [0.5, 0.6) is 0 Å². The van der Waals surface area contributed by atoms with Crippen LogP contribution in [0, 0.1) is 0 Å². The highest BCUT2D eigenvalue weighted by Crippen LogP contribution is 2.19. The van der Waals surface area contributed by atoms with Crippen LogP contribution in [0.1, 0.15) is 31.9 Å². The fourth-order valence-corrected chi connectivity index (χ4v) is 2.85. The number of hydrogen-bond acceptors (Lipinski definition) is 5. The van der Waals surface area contributed by atoms with Gasteiger partial charge in [-0.05, 0) is 19.3 Å². The van der Waals surface area contributed by atoms with Crippen molar-refractivity contribution in [2.75, 3.05) is 24.2 Å². The molecule has 100 valence electrons. The zero-order valence-corrected chi connectivity index (χ0v) is 11.7. The lowest BCUT2D eigenvalue weighted by Gasteiger charge is -2.08. The molecule has 0 amide bonds. The largest absolute Gasteiger partial charge is 0.377 e. The molecule has 1 fully saturated rings. The summed E-state index contributed by atoms with van der Waals surface area (Å²) in [7, 11) is 0. The highest BCUT2D eigenvalue weighted by molar-refractivity contribution is 7.98. The van der Waals surface area contributed by atoms with Crippen LogP contribution in [0.4, 0.5) is 5.82 Å². The second-order valence-electron chi connectivity index (χ2n) is 4.47. The Labute approximate surface area is 113 Å². The molecule has 0 bridgehead atoms. The van der Waals surface area contributed by atoms with Crippen molar-refractivity contribution in [3.8, 4) is 0 Å². The summed E-state index contributed by atoms with van der Waals surface area (Å²) in [5, 5.41) is 3.22. The van der Waals surface area contributed by atoms with Gasteiger partial charge in [0.15, 0.2) is 0 Å². The molecule has 0 spiro atoms. The van der Waals surface area contributed by atoms with E-state index < -0.39 is 0 Å². The molecule has 1 N–H and O–H groups in total. The average Bonchev–Trinajstić information content (AvgIpc) is 2.91. The van der Waals surface area contributed by atoms with Crippen LogP contribution < -0.4 is 5.32 Å². The standard InChI is InChI=1S/C13H21N3OS/c1-2-5-14-13-8-15-11(7-16-13)9-18-10-12-4-3-6-17-12/h7-8,12H,2-6,9-10H2,1H3,(H,14,16). The van der Waals surface area contributed by atoms with Crippen LogP contribution in [0.3, 0.4) is 0 Å². The van der Waals surface area contributed by atoms with Crippen molar-refractivity contribution in [3.63, 3.8) is 0 Å². The SMILES string of the molecule is CCCNc1cnc(CSCC2CCCO2)cn1. The Hall–Kier alpha value is -0.810. The van der Waals surface area contributed by atoms with Crippen LogP contribution in [-0.2, 0) is 10.5 Å². The molecule has 5 heteroatoms. The first-order chi connectivity index (χ1) is 8.88. The number of thioether (sulfide) groups is 1. The van der Waals surface area contributed by atoms with Gasteiger partial charge in [-0.1, -0.05) is 6.92 Å². The Morgan fingerprint density at radius 2 is 2.39 bits per heavy atom. The lowest BCUT2D eigenvalue weighted by atomic mass is 10.3. The molecule has 1 aromatic rings. The first-order valence-electron chi connectivity index (χ1n) is 6.62. The molecule has 1 aliphatic heterocycles. The topological polar surface area (TPSA) is 47.0 Å². The van der Waals surface area contributed by atoms with Gasteiger partial charge < -0.3 is 10.1 Å². The number of rotatable bonds is 7. The smallest absolute Gasteiger partial charge is 0.144 e. The van der Waals surface area contributed by atoms with Gasteiger partial charge in [0.2, 0.25) is 0 Å². The van der Waals surface area contributed by atoms with E-state index in [2.05, 4.69) is 22.2 Å². The van der Waals surface area contributed by atoms with Crippen molar-refractivity contribution in [1.29, 1.82) is 0 Å². The molecule has 18 heavy (non-hydrogen) atoms. The van der Waals surface area contributed by atoms with E-state index in [9.17, 15) is 0 Å². The molecule has 1 atom stereocenters. The summed E-state index contributed by atoms with van der Waals surface area (Å²) >= 11 is 1.88. The van der Waals surface area contributed by atoms with Crippen LogP contribution in [0.15, 0.2) is 12.4 Å². The van der Waals surface area contributed by atoms with Gasteiger partial charge in [0.1, 0.15) is 5.82 Å². The minimum Gasteiger partial charge on any atom is -0.377 e. The Balaban J connectivity index is 1.68. The minimum absolute atomic E-state index is 0.452. The van der Waals surface area contributed by atoms with Crippen molar-refractivity contribution < 1.29 is 4.74 Å². The van der Waals surface area contributed by atoms with Crippen LogP contribution >= 0.6 is 11.8 Å². The molecule has 2 rings (SSSR count). The molecule has 2 heterocycles. The molecule has 4 nitrogen and oxygen atoms in total. The van der Waals surface area contributed by atoms with E-state index in [4.69, 9.17) is 4.74 Å². The van der Waals surface area contributed by atoms with E-state index in [1.165, 1.54) is 12.8 Å². The van der Waals surface area contributed by atoms with Gasteiger partial charge in [-0.2, -0.15) is 11.8 Å². The number of anilines is 1. The van der Waals surface area contributed by atoms with Crippen LogP contribution in [0.25, 0.3) is 0 Å². The predicted octanol–water partition coefficient (Wildman–Crippen LogP) is 2.71. The Kier molecular flexibility index (Phi) is 5.74. The van der Waals surface area contributed by atoms with Crippen molar-refractivity contribution in [2.45, 2.75) is 38.0 Å². The maximum Gasteiger partial charge on any atom is 0.144 e. The molecule has 1 aliphatic rings. The van der Waals surface area contributed by atoms with E-state index in [0.29, 0.717) is 6.10 Å². The summed E-state index contributed by atoms with van der Waals surface area (Å²) in [4.78, 5) is 8.76. The van der Waals surface area contributed by atoms with Gasteiger partial charge in [-0.3, -0.25) is 4.98 Å². The molecular weight excluding hydrogens is 246 g/mol. The lowest BCUT2D eigenvalue weighted by Crippen LogP contribution is -2.08. The van der Waals surface area contributed by atoms with Crippen molar-refractivity contribution in [1.82, 2.24) is 9.97 Å². The molecule has 0 aliphatic carbocycles. The predicted molar refractivity (Wildman–Crippen MR) is 75.9 cm³/mol. The summed E-state index contributed by atoms with van der Waals surface area (Å²) in [5.74, 6) is 2.85. The van der Waals surface area contributed by atoms with Gasteiger partial charge in [0.05, 0.1) is 24.2 Å². The maximum atomic E-state index is 5.59.